The fourth-order valence-electron chi connectivity index (χ4n) is 2.36. The third-order valence-electron chi connectivity index (χ3n) is 3.39. The molecule has 0 radical (unpaired) electrons. The second kappa shape index (κ2) is 4.30. The van der Waals surface area contributed by atoms with Gasteiger partial charge in [-0.05, 0) is 18.7 Å². The largest absolute Gasteiger partial charge is 0.299 e. The predicted molar refractivity (Wildman–Crippen MR) is 66.5 cm³/mol. The molecule has 0 fully saturated rings. The zero-order valence-electron chi connectivity index (χ0n) is 9.98. The molecule has 0 amide bonds. The Kier molecular flexibility index (Phi) is 2.65. The van der Waals surface area contributed by atoms with Crippen LogP contribution in [0.2, 0.25) is 0 Å². The van der Waals surface area contributed by atoms with E-state index in [0.717, 1.165) is 37.3 Å². The Morgan fingerprint density at radius 3 is 3.18 bits per heavy atom. The lowest BCUT2D eigenvalue weighted by atomic mass is 10.0. The van der Waals surface area contributed by atoms with Crippen LogP contribution in [0.3, 0.4) is 0 Å². The van der Waals surface area contributed by atoms with Crippen LogP contribution in [0, 0.1) is 0 Å². The molecule has 0 saturated carbocycles. The number of aromatic amines is 1. The van der Waals surface area contributed by atoms with Crippen molar-refractivity contribution in [3.8, 4) is 11.3 Å². The van der Waals surface area contributed by atoms with E-state index in [9.17, 15) is 0 Å². The minimum Gasteiger partial charge on any atom is -0.299 e. The highest BCUT2D eigenvalue weighted by Gasteiger charge is 2.21. The number of aromatic nitrogens is 3. The van der Waals surface area contributed by atoms with Gasteiger partial charge in [-0.15, -0.1) is 0 Å². The lowest BCUT2D eigenvalue weighted by Crippen LogP contribution is -2.30. The fraction of sp³-hybridized carbons (Fsp3) is 0.385. The zero-order chi connectivity index (χ0) is 11.7. The molecule has 0 atom stereocenters. The Bertz CT molecular complexity index is 503. The number of hydrogen-bond acceptors (Lipinski definition) is 3. The molecule has 17 heavy (non-hydrogen) atoms. The van der Waals surface area contributed by atoms with Crippen LogP contribution < -0.4 is 0 Å². The summed E-state index contributed by atoms with van der Waals surface area (Å²) < 4.78 is 0. The van der Waals surface area contributed by atoms with E-state index in [2.05, 4.69) is 33.1 Å². The molecular weight excluding hydrogens is 212 g/mol. The molecule has 0 unspecified atom stereocenters. The molecule has 3 heterocycles. The summed E-state index contributed by atoms with van der Waals surface area (Å²) in [6.45, 7) is 5.41. The summed E-state index contributed by atoms with van der Waals surface area (Å²) >= 11 is 0. The van der Waals surface area contributed by atoms with Crippen LogP contribution in [-0.4, -0.2) is 33.2 Å². The summed E-state index contributed by atoms with van der Waals surface area (Å²) in [6.07, 6.45) is 4.73. The summed E-state index contributed by atoms with van der Waals surface area (Å²) in [5.41, 5.74) is 4.79. The van der Waals surface area contributed by atoms with Crippen molar-refractivity contribution in [3.63, 3.8) is 0 Å². The van der Waals surface area contributed by atoms with E-state index in [1.807, 2.05) is 12.3 Å². The maximum Gasteiger partial charge on any atom is 0.0984 e. The molecular formula is C13H16N4. The van der Waals surface area contributed by atoms with Crippen molar-refractivity contribution in [2.45, 2.75) is 19.9 Å². The van der Waals surface area contributed by atoms with E-state index in [-0.39, 0.29) is 0 Å². The van der Waals surface area contributed by atoms with Crippen molar-refractivity contribution >= 4 is 0 Å². The van der Waals surface area contributed by atoms with Gasteiger partial charge in [0.2, 0.25) is 0 Å². The van der Waals surface area contributed by atoms with Gasteiger partial charge in [-0.3, -0.25) is 15.0 Å². The first-order valence-corrected chi connectivity index (χ1v) is 6.07. The number of H-pyrrole nitrogens is 1. The lowest BCUT2D eigenvalue weighted by molar-refractivity contribution is 0.267. The van der Waals surface area contributed by atoms with Crippen molar-refractivity contribution in [1.82, 2.24) is 20.1 Å². The highest BCUT2D eigenvalue weighted by Crippen LogP contribution is 2.27. The van der Waals surface area contributed by atoms with E-state index < -0.39 is 0 Å². The van der Waals surface area contributed by atoms with Crippen molar-refractivity contribution in [1.29, 1.82) is 0 Å². The quantitative estimate of drug-likeness (QED) is 0.853. The number of nitrogens with zero attached hydrogens (tertiary/aromatic N) is 3. The second-order valence-electron chi connectivity index (χ2n) is 4.39. The van der Waals surface area contributed by atoms with Gasteiger partial charge in [-0.1, -0.05) is 6.92 Å². The van der Waals surface area contributed by atoms with Crippen LogP contribution in [0.5, 0.6) is 0 Å². The van der Waals surface area contributed by atoms with Gasteiger partial charge in [-0.25, -0.2) is 0 Å². The summed E-state index contributed by atoms with van der Waals surface area (Å²) in [5, 5.41) is 7.61. The van der Waals surface area contributed by atoms with Crippen molar-refractivity contribution in [3.05, 3.63) is 35.8 Å². The second-order valence-corrected chi connectivity index (χ2v) is 4.39. The van der Waals surface area contributed by atoms with Gasteiger partial charge in [0, 0.05) is 48.7 Å². The monoisotopic (exact) mass is 228 g/mol. The van der Waals surface area contributed by atoms with E-state index in [1.54, 1.807) is 6.20 Å². The first kappa shape index (κ1) is 10.5. The molecule has 4 heteroatoms. The SMILES string of the molecule is CCN1CCc2[nH]nc(-c3cccnc3)c2C1. The summed E-state index contributed by atoms with van der Waals surface area (Å²) in [7, 11) is 0. The predicted octanol–water partition coefficient (Wildman–Crippen LogP) is 1.85. The highest BCUT2D eigenvalue weighted by molar-refractivity contribution is 5.63. The highest BCUT2D eigenvalue weighted by atomic mass is 15.2. The third kappa shape index (κ3) is 1.85. The van der Waals surface area contributed by atoms with Crippen LogP contribution in [0.1, 0.15) is 18.2 Å². The Labute approximate surface area is 101 Å². The molecule has 1 aliphatic heterocycles. The molecule has 88 valence electrons. The third-order valence-corrected chi connectivity index (χ3v) is 3.39. The average molecular weight is 228 g/mol. The summed E-state index contributed by atoms with van der Waals surface area (Å²) in [6, 6.07) is 4.02. The van der Waals surface area contributed by atoms with Gasteiger partial charge in [-0.2, -0.15) is 5.10 Å². The smallest absolute Gasteiger partial charge is 0.0984 e. The van der Waals surface area contributed by atoms with Gasteiger partial charge in [0.05, 0.1) is 5.69 Å². The lowest BCUT2D eigenvalue weighted by Gasteiger charge is -2.25. The topological polar surface area (TPSA) is 44.8 Å². The van der Waals surface area contributed by atoms with Crippen LogP contribution in [-0.2, 0) is 13.0 Å². The number of nitrogens with one attached hydrogen (secondary N) is 1. The number of rotatable bonds is 2. The molecule has 2 aromatic rings. The van der Waals surface area contributed by atoms with E-state index in [4.69, 9.17) is 0 Å². The Morgan fingerprint density at radius 1 is 1.47 bits per heavy atom. The van der Waals surface area contributed by atoms with E-state index in [0.29, 0.717) is 0 Å². The summed E-state index contributed by atoms with van der Waals surface area (Å²) in [4.78, 5) is 6.60. The molecule has 3 rings (SSSR count). The van der Waals surface area contributed by atoms with Crippen molar-refractivity contribution in [2.24, 2.45) is 0 Å². The van der Waals surface area contributed by atoms with Gasteiger partial charge in [0.1, 0.15) is 0 Å². The molecule has 0 bridgehead atoms. The maximum atomic E-state index is 4.45. The molecule has 0 saturated heterocycles. The number of pyridine rings is 1. The van der Waals surface area contributed by atoms with Gasteiger partial charge < -0.3 is 0 Å². The molecule has 2 aromatic heterocycles. The molecule has 0 aromatic carbocycles. The first-order chi connectivity index (χ1) is 8.38. The van der Waals surface area contributed by atoms with Crippen LogP contribution in [0.4, 0.5) is 0 Å². The molecule has 0 aliphatic carbocycles. The Hall–Kier alpha value is -1.68. The Morgan fingerprint density at radius 2 is 2.41 bits per heavy atom. The standard InChI is InChI=1S/C13H16N4/c1-2-17-7-5-12-11(9-17)13(16-15-12)10-4-3-6-14-8-10/h3-4,6,8H,2,5,7,9H2,1H3,(H,15,16). The normalized spacial score (nSPS) is 15.8. The van der Waals surface area contributed by atoms with E-state index in [1.165, 1.54) is 11.3 Å². The minimum absolute atomic E-state index is 0.993. The molecule has 0 spiro atoms. The van der Waals surface area contributed by atoms with Crippen LogP contribution in [0.25, 0.3) is 11.3 Å². The van der Waals surface area contributed by atoms with E-state index >= 15 is 0 Å². The maximum absolute atomic E-state index is 4.45. The van der Waals surface area contributed by atoms with Gasteiger partial charge >= 0.3 is 0 Å². The number of fused-ring (bicyclic) bond motifs is 1. The van der Waals surface area contributed by atoms with Crippen LogP contribution >= 0.6 is 0 Å². The van der Waals surface area contributed by atoms with Crippen LogP contribution in [0.15, 0.2) is 24.5 Å². The molecule has 4 nitrogen and oxygen atoms in total. The number of hydrogen-bond donors (Lipinski definition) is 1. The van der Waals surface area contributed by atoms with Crippen molar-refractivity contribution in [2.75, 3.05) is 13.1 Å². The fourth-order valence-corrected chi connectivity index (χ4v) is 2.36. The minimum atomic E-state index is 0.993. The average Bonchev–Trinajstić information content (AvgIpc) is 2.82. The van der Waals surface area contributed by atoms with Gasteiger partial charge in [0.15, 0.2) is 0 Å². The first-order valence-electron chi connectivity index (χ1n) is 6.07. The Balaban J connectivity index is 2.00. The zero-order valence-corrected chi connectivity index (χ0v) is 9.98. The number of likely N-dealkylation sites (N-methyl/N-ethyl adjacent to an activating group) is 1. The molecule has 1 N–H and O–H groups in total. The van der Waals surface area contributed by atoms with Gasteiger partial charge in [0.25, 0.3) is 0 Å². The summed E-state index contributed by atoms with van der Waals surface area (Å²) in [5.74, 6) is 0. The van der Waals surface area contributed by atoms with Crippen molar-refractivity contribution < 1.29 is 0 Å². The molecule has 1 aliphatic rings.